The van der Waals surface area contributed by atoms with E-state index in [4.69, 9.17) is 16.3 Å². The Kier molecular flexibility index (Phi) is 5.98. The number of esters is 2. The third kappa shape index (κ3) is 3.94. The van der Waals surface area contributed by atoms with Gasteiger partial charge in [0.2, 0.25) is 0 Å². The van der Waals surface area contributed by atoms with Crippen LogP contribution in [0.15, 0.2) is 29.3 Å². The summed E-state index contributed by atoms with van der Waals surface area (Å²) in [5.74, 6) is -1.46. The Morgan fingerprint density at radius 2 is 1.62 bits per heavy atom. The maximum absolute atomic E-state index is 12.5. The minimum absolute atomic E-state index is 0.155. The highest BCUT2D eigenvalue weighted by molar-refractivity contribution is 6.33. The molecule has 0 bridgehead atoms. The Morgan fingerprint density at radius 3 is 2.25 bits per heavy atom. The fourth-order valence-electron chi connectivity index (χ4n) is 2.58. The summed E-state index contributed by atoms with van der Waals surface area (Å²) in [7, 11) is 2.54. The van der Waals surface area contributed by atoms with Gasteiger partial charge in [0.15, 0.2) is 0 Å². The van der Waals surface area contributed by atoms with E-state index in [9.17, 15) is 14.4 Å². The van der Waals surface area contributed by atoms with Crippen molar-refractivity contribution in [3.63, 3.8) is 0 Å². The van der Waals surface area contributed by atoms with Gasteiger partial charge in [0.05, 0.1) is 24.8 Å². The number of halogens is 1. The molecule has 1 aromatic rings. The number of hydrogen-bond donors (Lipinski definition) is 1. The van der Waals surface area contributed by atoms with Crippen molar-refractivity contribution < 1.29 is 23.9 Å². The van der Waals surface area contributed by atoms with Crippen LogP contribution in [0.4, 0.5) is 5.69 Å². The molecule has 1 aliphatic carbocycles. The number of carbonyl (C=O) groups excluding carboxylic acids is 3. The van der Waals surface area contributed by atoms with E-state index in [1.165, 1.54) is 26.4 Å². The van der Waals surface area contributed by atoms with E-state index >= 15 is 0 Å². The van der Waals surface area contributed by atoms with Gasteiger partial charge in [-0.15, -0.1) is 0 Å². The molecule has 0 spiro atoms. The molecule has 1 amide bonds. The van der Waals surface area contributed by atoms with Crippen LogP contribution < -0.4 is 5.32 Å². The van der Waals surface area contributed by atoms with Gasteiger partial charge in [-0.3, -0.25) is 4.79 Å². The highest BCUT2D eigenvalue weighted by Gasteiger charge is 2.24. The number of anilines is 1. The van der Waals surface area contributed by atoms with Gasteiger partial charge in [-0.2, -0.15) is 0 Å². The second-order valence-electron chi connectivity index (χ2n) is 5.30. The minimum atomic E-state index is -0.594. The molecule has 7 heteroatoms. The van der Waals surface area contributed by atoms with Crippen molar-refractivity contribution in [3.05, 3.63) is 39.9 Å². The van der Waals surface area contributed by atoms with Crippen molar-refractivity contribution in [1.29, 1.82) is 0 Å². The summed E-state index contributed by atoms with van der Waals surface area (Å²) in [6.07, 6.45) is 2.70. The lowest BCUT2D eigenvalue weighted by atomic mass is 9.91. The van der Waals surface area contributed by atoms with Crippen molar-refractivity contribution in [3.8, 4) is 0 Å². The van der Waals surface area contributed by atoms with Crippen molar-refractivity contribution >= 4 is 35.1 Å². The maximum Gasteiger partial charge on any atom is 0.339 e. The molecule has 0 heterocycles. The predicted octanol–water partition coefficient (Wildman–Crippen LogP) is 3.11. The molecule has 2 rings (SSSR count). The summed E-state index contributed by atoms with van der Waals surface area (Å²) in [5.41, 5.74) is 1.38. The lowest BCUT2D eigenvalue weighted by Crippen LogP contribution is -2.22. The first-order chi connectivity index (χ1) is 11.5. The van der Waals surface area contributed by atoms with Crippen LogP contribution in [0, 0.1) is 0 Å². The largest absolute Gasteiger partial charge is 0.466 e. The van der Waals surface area contributed by atoms with Crippen molar-refractivity contribution in [2.24, 2.45) is 0 Å². The molecule has 1 N–H and O–H groups in total. The van der Waals surface area contributed by atoms with Crippen molar-refractivity contribution in [2.75, 3.05) is 19.5 Å². The van der Waals surface area contributed by atoms with Gasteiger partial charge in [-0.1, -0.05) is 11.6 Å². The van der Waals surface area contributed by atoms with E-state index in [1.807, 2.05) is 0 Å². The molecule has 0 aliphatic heterocycles. The summed E-state index contributed by atoms with van der Waals surface area (Å²) in [6.45, 7) is 0. The molecule has 0 radical (unpaired) electrons. The second-order valence-corrected chi connectivity index (χ2v) is 5.70. The van der Waals surface area contributed by atoms with Crippen LogP contribution in [0.2, 0.25) is 5.02 Å². The summed E-state index contributed by atoms with van der Waals surface area (Å²) >= 11 is 5.95. The van der Waals surface area contributed by atoms with Crippen molar-refractivity contribution in [2.45, 2.75) is 25.7 Å². The topological polar surface area (TPSA) is 81.7 Å². The SMILES string of the molecule is COC(=O)C1=C(C(=O)Nc2ccc(Cl)c(C(=O)OC)c2)CCCC1. The van der Waals surface area contributed by atoms with Crippen molar-refractivity contribution in [1.82, 2.24) is 0 Å². The number of ether oxygens (including phenoxy) is 2. The molecule has 0 fully saturated rings. The van der Waals surface area contributed by atoms with Gasteiger partial charge in [0, 0.05) is 16.8 Å². The quantitative estimate of drug-likeness (QED) is 0.843. The Morgan fingerprint density at radius 1 is 1.00 bits per heavy atom. The fraction of sp³-hybridized carbons (Fsp3) is 0.353. The van der Waals surface area contributed by atoms with Crippen LogP contribution in [0.25, 0.3) is 0 Å². The zero-order valence-corrected chi connectivity index (χ0v) is 14.2. The van der Waals surface area contributed by atoms with E-state index in [2.05, 4.69) is 10.1 Å². The number of nitrogens with one attached hydrogen (secondary N) is 1. The third-order valence-electron chi connectivity index (χ3n) is 3.80. The number of carbonyl (C=O) groups is 3. The zero-order chi connectivity index (χ0) is 17.7. The molecule has 6 nitrogen and oxygen atoms in total. The first-order valence-electron chi connectivity index (χ1n) is 7.47. The average molecular weight is 352 g/mol. The molecule has 0 aromatic heterocycles. The zero-order valence-electron chi connectivity index (χ0n) is 13.5. The first-order valence-corrected chi connectivity index (χ1v) is 7.85. The van der Waals surface area contributed by atoms with Crippen LogP contribution in [0.5, 0.6) is 0 Å². The predicted molar refractivity (Wildman–Crippen MR) is 88.9 cm³/mol. The molecule has 128 valence electrons. The van der Waals surface area contributed by atoms with E-state index in [0.29, 0.717) is 29.7 Å². The Labute approximate surface area is 144 Å². The van der Waals surface area contributed by atoms with Gasteiger partial charge in [-0.25, -0.2) is 9.59 Å². The van der Waals surface area contributed by atoms with Crippen LogP contribution in [-0.2, 0) is 19.1 Å². The number of hydrogen-bond acceptors (Lipinski definition) is 5. The maximum atomic E-state index is 12.5. The molecule has 0 atom stereocenters. The summed E-state index contributed by atoms with van der Waals surface area (Å²) in [6, 6.07) is 4.51. The number of amides is 1. The number of methoxy groups -OCH3 is 2. The van der Waals surface area contributed by atoms with Crippen LogP contribution in [0.3, 0.4) is 0 Å². The summed E-state index contributed by atoms with van der Waals surface area (Å²) in [5, 5.41) is 2.92. The molecule has 0 saturated heterocycles. The second kappa shape index (κ2) is 7.97. The summed E-state index contributed by atoms with van der Waals surface area (Å²) in [4.78, 5) is 36.0. The smallest absolute Gasteiger partial charge is 0.339 e. The first kappa shape index (κ1) is 18.0. The van der Waals surface area contributed by atoms with Gasteiger partial charge in [0.1, 0.15) is 0 Å². The molecular formula is C17H18ClNO5. The number of benzene rings is 1. The molecule has 0 saturated carbocycles. The van der Waals surface area contributed by atoms with E-state index in [0.717, 1.165) is 12.8 Å². The van der Waals surface area contributed by atoms with Gasteiger partial charge in [0.25, 0.3) is 5.91 Å². The minimum Gasteiger partial charge on any atom is -0.466 e. The molecule has 24 heavy (non-hydrogen) atoms. The normalized spacial score (nSPS) is 14.1. The number of rotatable bonds is 4. The molecule has 0 unspecified atom stereocenters. The average Bonchev–Trinajstić information content (AvgIpc) is 2.61. The van der Waals surface area contributed by atoms with E-state index in [-0.39, 0.29) is 16.5 Å². The standard InChI is InChI=1S/C17H18ClNO5/c1-23-16(21)12-6-4-3-5-11(12)15(20)19-10-7-8-14(18)13(9-10)17(22)24-2/h7-9H,3-6H2,1-2H3,(H,19,20). The lowest BCUT2D eigenvalue weighted by molar-refractivity contribution is -0.136. The Hall–Kier alpha value is -2.34. The lowest BCUT2D eigenvalue weighted by Gasteiger charge is -2.18. The molecule has 1 aliphatic rings. The van der Waals surface area contributed by atoms with E-state index in [1.54, 1.807) is 6.07 Å². The highest BCUT2D eigenvalue weighted by Crippen LogP contribution is 2.27. The van der Waals surface area contributed by atoms with Crippen LogP contribution >= 0.6 is 11.6 Å². The van der Waals surface area contributed by atoms with Crippen LogP contribution in [-0.4, -0.2) is 32.1 Å². The molecular weight excluding hydrogens is 334 g/mol. The third-order valence-corrected chi connectivity index (χ3v) is 4.13. The highest BCUT2D eigenvalue weighted by atomic mass is 35.5. The van der Waals surface area contributed by atoms with Gasteiger partial charge < -0.3 is 14.8 Å². The van der Waals surface area contributed by atoms with Crippen LogP contribution in [0.1, 0.15) is 36.0 Å². The fourth-order valence-corrected chi connectivity index (χ4v) is 2.78. The Balaban J connectivity index is 2.27. The van der Waals surface area contributed by atoms with Gasteiger partial charge >= 0.3 is 11.9 Å². The van der Waals surface area contributed by atoms with Gasteiger partial charge in [-0.05, 0) is 43.9 Å². The Bertz CT molecular complexity index is 711. The molecule has 1 aromatic carbocycles. The monoisotopic (exact) mass is 351 g/mol. The summed E-state index contributed by atoms with van der Waals surface area (Å²) < 4.78 is 9.40. The van der Waals surface area contributed by atoms with E-state index < -0.39 is 11.9 Å².